The molecule has 0 aliphatic rings. The molecule has 0 fully saturated rings. The van der Waals surface area contributed by atoms with Crippen LogP contribution in [0.25, 0.3) is 0 Å². The molecule has 0 amide bonds. The number of nitrogens with zero attached hydrogens (tertiary/aromatic N) is 3. The maximum Gasteiger partial charge on any atom is 0.319 e. The van der Waals surface area contributed by atoms with E-state index in [0.717, 1.165) is 10.5 Å². The first-order valence-corrected chi connectivity index (χ1v) is 12.0. The van der Waals surface area contributed by atoms with Gasteiger partial charge in [0, 0.05) is 23.2 Å². The van der Waals surface area contributed by atoms with Crippen molar-refractivity contribution in [3.8, 4) is 0 Å². The summed E-state index contributed by atoms with van der Waals surface area (Å²) in [4.78, 5) is 22.9. The molecule has 1 heterocycles. The number of aromatic nitrogens is 2. The van der Waals surface area contributed by atoms with Crippen molar-refractivity contribution in [3.05, 3.63) is 96.4 Å². The second kappa shape index (κ2) is 11.9. The Morgan fingerprint density at radius 1 is 1.25 bits per heavy atom. The van der Waals surface area contributed by atoms with Gasteiger partial charge in [-0.15, -0.1) is 11.8 Å². The highest BCUT2D eigenvalue weighted by atomic mass is 35.5. The van der Waals surface area contributed by atoms with Crippen LogP contribution in [0.1, 0.15) is 19.4 Å². The molecule has 2 N–H and O–H groups in total. The summed E-state index contributed by atoms with van der Waals surface area (Å²) in [6, 6.07) is 13.7. The maximum absolute atomic E-state index is 13.5. The molecule has 7 nitrogen and oxygen atoms in total. The molecule has 3 aromatic rings. The average Bonchev–Trinajstić information content (AvgIpc) is 2.82. The van der Waals surface area contributed by atoms with Gasteiger partial charge in [-0.3, -0.25) is 4.79 Å². The molecule has 0 saturated carbocycles. The zero-order valence-electron chi connectivity index (χ0n) is 19.9. The van der Waals surface area contributed by atoms with Crippen LogP contribution in [-0.4, -0.2) is 32.3 Å². The van der Waals surface area contributed by atoms with Gasteiger partial charge in [0.15, 0.2) is 0 Å². The Morgan fingerprint density at radius 2 is 1.97 bits per heavy atom. The maximum atomic E-state index is 13.5. The number of carbonyl (C=O) groups is 1. The molecule has 0 unspecified atom stereocenters. The summed E-state index contributed by atoms with van der Waals surface area (Å²) in [5.41, 5.74) is 1.55. The number of rotatable bonds is 12. The number of aliphatic carboxylic acids is 1. The highest BCUT2D eigenvalue weighted by Crippen LogP contribution is 2.33. The smallest absolute Gasteiger partial charge is 0.319 e. The number of carboxylic acid groups (broad SMARTS) is 1. The molecule has 0 aliphatic heterocycles. The third-order valence-electron chi connectivity index (χ3n) is 4.97. The summed E-state index contributed by atoms with van der Waals surface area (Å²) in [7, 11) is 0. The lowest BCUT2D eigenvalue weighted by Gasteiger charge is -2.25. The topological polar surface area (TPSA) is 87.6 Å². The number of thioether (sulfide) groups is 1. The predicted molar refractivity (Wildman–Crippen MR) is 142 cm³/mol. The molecule has 0 saturated heterocycles. The summed E-state index contributed by atoms with van der Waals surface area (Å²) in [5.74, 6) is 0.178. The number of anilines is 3. The van der Waals surface area contributed by atoms with Gasteiger partial charge >= 0.3 is 5.97 Å². The van der Waals surface area contributed by atoms with Crippen LogP contribution < -0.4 is 10.2 Å². The molecular weight excluding hydrogens is 503 g/mol. The van der Waals surface area contributed by atoms with E-state index < -0.39 is 16.5 Å². The molecule has 2 aromatic carbocycles. The lowest BCUT2D eigenvalue weighted by molar-refractivity contribution is -0.138. The van der Waals surface area contributed by atoms with E-state index in [1.165, 1.54) is 36.5 Å². The fourth-order valence-corrected chi connectivity index (χ4v) is 4.25. The van der Waals surface area contributed by atoms with E-state index in [2.05, 4.69) is 28.4 Å². The van der Waals surface area contributed by atoms with Crippen LogP contribution in [0.2, 0.25) is 5.02 Å². The third kappa shape index (κ3) is 7.47. The molecule has 0 bridgehead atoms. The lowest BCUT2D eigenvalue weighted by atomic mass is 10.2. The monoisotopic (exact) mass is 528 g/mol. The van der Waals surface area contributed by atoms with E-state index in [4.69, 9.17) is 16.3 Å². The van der Waals surface area contributed by atoms with Crippen molar-refractivity contribution < 1.29 is 19.0 Å². The number of benzene rings is 2. The Balaban J connectivity index is 1.82. The van der Waals surface area contributed by atoms with E-state index in [-0.39, 0.29) is 5.02 Å². The summed E-state index contributed by atoms with van der Waals surface area (Å²) in [6.07, 6.45) is 2.72. The minimum atomic E-state index is -0.938. The molecule has 0 aliphatic carbocycles. The Labute approximate surface area is 218 Å². The Bertz CT molecular complexity index is 1250. The van der Waals surface area contributed by atoms with Crippen LogP contribution in [0.5, 0.6) is 0 Å². The average molecular weight is 529 g/mol. The molecule has 188 valence electrons. The van der Waals surface area contributed by atoms with Crippen molar-refractivity contribution in [2.24, 2.45) is 0 Å². The number of carboxylic acids is 1. The Kier molecular flexibility index (Phi) is 8.95. The highest BCUT2D eigenvalue weighted by molar-refractivity contribution is 8.01. The van der Waals surface area contributed by atoms with Crippen LogP contribution in [0.15, 0.2) is 84.9 Å². The van der Waals surface area contributed by atoms with Gasteiger partial charge in [-0.05, 0) is 49.7 Å². The van der Waals surface area contributed by atoms with Gasteiger partial charge in [0.25, 0.3) is 0 Å². The van der Waals surface area contributed by atoms with Crippen LogP contribution >= 0.6 is 23.4 Å². The fourth-order valence-electron chi connectivity index (χ4n) is 3.12. The fraction of sp³-hybridized carbons (Fsp3) is 0.192. The zero-order valence-corrected chi connectivity index (χ0v) is 21.4. The van der Waals surface area contributed by atoms with Crippen molar-refractivity contribution in [2.45, 2.75) is 30.0 Å². The van der Waals surface area contributed by atoms with Gasteiger partial charge in [0.1, 0.15) is 34.3 Å². The SMILES string of the molecule is C=COC(=C)CN(Cc1ccc(SC(C)(C)C(=O)O)cc1)c1cc(Nc2ccc(F)c(Cl)c2)ncn1. The molecule has 10 heteroatoms. The molecule has 0 radical (unpaired) electrons. The first-order chi connectivity index (χ1) is 17.1. The van der Waals surface area contributed by atoms with Crippen LogP contribution in [0.3, 0.4) is 0 Å². The number of nitrogens with one attached hydrogen (secondary N) is 1. The van der Waals surface area contributed by atoms with Gasteiger partial charge in [-0.25, -0.2) is 14.4 Å². The normalized spacial score (nSPS) is 11.0. The number of ether oxygens (including phenoxy) is 1. The number of halogens is 2. The third-order valence-corrected chi connectivity index (χ3v) is 6.45. The van der Waals surface area contributed by atoms with Crippen LogP contribution in [0, 0.1) is 5.82 Å². The van der Waals surface area contributed by atoms with E-state index in [1.54, 1.807) is 26.0 Å². The molecule has 1 aromatic heterocycles. The minimum absolute atomic E-state index is 0.00197. The summed E-state index contributed by atoms with van der Waals surface area (Å²) >= 11 is 7.16. The summed E-state index contributed by atoms with van der Waals surface area (Å²) in [5, 5.41) is 12.5. The number of hydrogen-bond donors (Lipinski definition) is 2. The highest BCUT2D eigenvalue weighted by Gasteiger charge is 2.28. The van der Waals surface area contributed by atoms with Crippen LogP contribution in [0.4, 0.5) is 21.7 Å². The molecular formula is C26H26ClFN4O3S. The number of hydrogen-bond acceptors (Lipinski definition) is 7. The van der Waals surface area contributed by atoms with E-state index >= 15 is 0 Å². The van der Waals surface area contributed by atoms with Gasteiger partial charge < -0.3 is 20.1 Å². The molecule has 0 spiro atoms. The van der Waals surface area contributed by atoms with Crippen molar-refractivity contribution >= 4 is 46.7 Å². The van der Waals surface area contributed by atoms with Crippen molar-refractivity contribution in [3.63, 3.8) is 0 Å². The minimum Gasteiger partial charge on any atom is -0.480 e. The van der Waals surface area contributed by atoms with Crippen molar-refractivity contribution in [1.29, 1.82) is 0 Å². The van der Waals surface area contributed by atoms with E-state index in [1.807, 2.05) is 29.2 Å². The predicted octanol–water partition coefficient (Wildman–Crippen LogP) is 6.65. The van der Waals surface area contributed by atoms with Gasteiger partial charge in [0.05, 0.1) is 17.8 Å². The Hall–Kier alpha value is -3.56. The van der Waals surface area contributed by atoms with Crippen molar-refractivity contribution in [2.75, 3.05) is 16.8 Å². The molecule has 36 heavy (non-hydrogen) atoms. The Morgan fingerprint density at radius 3 is 2.61 bits per heavy atom. The van der Waals surface area contributed by atoms with Crippen molar-refractivity contribution in [1.82, 2.24) is 9.97 Å². The summed E-state index contributed by atoms with van der Waals surface area (Å²) in [6.45, 7) is 11.6. The van der Waals surface area contributed by atoms with E-state index in [9.17, 15) is 14.3 Å². The van der Waals surface area contributed by atoms with Crippen LogP contribution in [-0.2, 0) is 16.1 Å². The second-order valence-corrected chi connectivity index (χ2v) is 10.4. The quantitative estimate of drug-likeness (QED) is 0.199. The van der Waals surface area contributed by atoms with Gasteiger partial charge in [-0.1, -0.05) is 36.9 Å². The molecule has 3 rings (SSSR count). The zero-order chi connectivity index (χ0) is 26.3. The van der Waals surface area contributed by atoms with E-state index in [0.29, 0.717) is 36.2 Å². The van der Waals surface area contributed by atoms with Gasteiger partial charge in [-0.2, -0.15) is 0 Å². The first kappa shape index (κ1) is 27.0. The lowest BCUT2D eigenvalue weighted by Crippen LogP contribution is -2.27. The summed E-state index contributed by atoms with van der Waals surface area (Å²) < 4.78 is 17.9. The molecule has 0 atom stereocenters. The van der Waals surface area contributed by atoms with Gasteiger partial charge in [0.2, 0.25) is 0 Å². The largest absolute Gasteiger partial charge is 0.480 e. The standard InChI is InChI=1S/C26H26ClFN4O3S/c1-5-35-17(2)14-32(15-18-6-9-20(10-7-18)36-26(3,4)25(33)34)24-13-23(29-16-30-24)31-19-8-11-22(28)21(27)12-19/h5-13,16H,1-2,14-15H2,3-4H3,(H,33,34)(H,29,30,31). The second-order valence-electron chi connectivity index (χ2n) is 8.26. The first-order valence-electron chi connectivity index (χ1n) is 10.8.